The summed E-state index contributed by atoms with van der Waals surface area (Å²) in [5.41, 5.74) is 9.29. The number of hydrogen-bond acceptors (Lipinski definition) is 4. The average Bonchev–Trinajstić information content (AvgIpc) is 3.32. The molecule has 1 aromatic heterocycles. The van der Waals surface area contributed by atoms with Crippen LogP contribution in [0.2, 0.25) is 0 Å². The lowest BCUT2D eigenvalue weighted by Gasteiger charge is -2.17. The van der Waals surface area contributed by atoms with Gasteiger partial charge in [-0.15, -0.1) is 12.4 Å². The third-order valence-electron chi connectivity index (χ3n) is 5.38. The van der Waals surface area contributed by atoms with Crippen LogP contribution in [0.5, 0.6) is 0 Å². The fraction of sp³-hybridized carbons (Fsp3) is 0.273. The number of carbonyl (C=O) groups excluding carboxylic acids is 1. The standard InChI is InChI=1S/C22H23N3O2.ClH/c1-15-20(21(24-27-15)17-10-6-3-7-11-17)22(26)25-13-18(12-23)19(14-25)16-8-4-2-5-9-16;/h2-11,18-19H,12-14,23H2,1H3;1H/t18-,19+;/m1./s1. The van der Waals surface area contributed by atoms with Crippen molar-refractivity contribution in [1.82, 2.24) is 10.1 Å². The van der Waals surface area contributed by atoms with Gasteiger partial charge >= 0.3 is 0 Å². The van der Waals surface area contributed by atoms with Crippen molar-refractivity contribution in [1.29, 1.82) is 0 Å². The van der Waals surface area contributed by atoms with E-state index in [1.807, 2.05) is 53.4 Å². The highest BCUT2D eigenvalue weighted by atomic mass is 35.5. The van der Waals surface area contributed by atoms with Crippen LogP contribution in [0.25, 0.3) is 11.3 Å². The van der Waals surface area contributed by atoms with Crippen LogP contribution in [0.4, 0.5) is 0 Å². The first-order valence-electron chi connectivity index (χ1n) is 9.25. The van der Waals surface area contributed by atoms with Crippen molar-refractivity contribution in [2.75, 3.05) is 19.6 Å². The minimum atomic E-state index is -0.0375. The number of carbonyl (C=O) groups is 1. The molecule has 1 fully saturated rings. The van der Waals surface area contributed by atoms with Gasteiger partial charge in [-0.1, -0.05) is 65.8 Å². The fourth-order valence-corrected chi connectivity index (χ4v) is 3.93. The Morgan fingerprint density at radius 1 is 1.11 bits per heavy atom. The van der Waals surface area contributed by atoms with Crippen molar-refractivity contribution >= 4 is 18.3 Å². The lowest BCUT2D eigenvalue weighted by Crippen LogP contribution is -2.30. The van der Waals surface area contributed by atoms with Gasteiger partial charge in [-0.05, 0) is 24.9 Å². The molecule has 3 aromatic rings. The van der Waals surface area contributed by atoms with Crippen molar-refractivity contribution in [2.45, 2.75) is 12.8 Å². The van der Waals surface area contributed by atoms with Crippen LogP contribution >= 0.6 is 12.4 Å². The third-order valence-corrected chi connectivity index (χ3v) is 5.38. The van der Waals surface area contributed by atoms with E-state index in [9.17, 15) is 4.79 Å². The number of aryl methyl sites for hydroxylation is 1. The van der Waals surface area contributed by atoms with E-state index in [2.05, 4.69) is 17.3 Å². The monoisotopic (exact) mass is 397 g/mol. The number of benzene rings is 2. The van der Waals surface area contributed by atoms with Crippen LogP contribution in [0.15, 0.2) is 65.2 Å². The normalized spacial score (nSPS) is 18.7. The topological polar surface area (TPSA) is 72.4 Å². The van der Waals surface area contributed by atoms with Gasteiger partial charge in [-0.25, -0.2) is 0 Å². The summed E-state index contributed by atoms with van der Waals surface area (Å²) in [4.78, 5) is 15.2. The number of hydrogen-bond donors (Lipinski definition) is 1. The van der Waals surface area contributed by atoms with Crippen molar-refractivity contribution in [3.63, 3.8) is 0 Å². The molecule has 5 nitrogen and oxygen atoms in total. The number of halogens is 1. The smallest absolute Gasteiger partial charge is 0.259 e. The molecule has 146 valence electrons. The molecule has 28 heavy (non-hydrogen) atoms. The first kappa shape index (κ1) is 20.1. The molecule has 0 saturated carbocycles. The first-order chi connectivity index (χ1) is 13.2. The predicted molar refractivity (Wildman–Crippen MR) is 112 cm³/mol. The molecule has 1 amide bonds. The summed E-state index contributed by atoms with van der Waals surface area (Å²) in [7, 11) is 0. The highest BCUT2D eigenvalue weighted by Crippen LogP contribution is 2.34. The zero-order chi connectivity index (χ0) is 18.8. The van der Waals surface area contributed by atoms with Crippen LogP contribution in [0, 0.1) is 12.8 Å². The maximum atomic E-state index is 13.3. The van der Waals surface area contributed by atoms with Crippen molar-refractivity contribution < 1.29 is 9.32 Å². The second-order valence-electron chi connectivity index (χ2n) is 7.05. The fourth-order valence-electron chi connectivity index (χ4n) is 3.93. The van der Waals surface area contributed by atoms with E-state index in [1.54, 1.807) is 6.92 Å². The molecule has 0 spiro atoms. The summed E-state index contributed by atoms with van der Waals surface area (Å²) < 4.78 is 5.37. The number of rotatable bonds is 4. The molecule has 1 saturated heterocycles. The molecule has 0 radical (unpaired) electrons. The summed E-state index contributed by atoms with van der Waals surface area (Å²) in [5.74, 6) is 1.01. The number of amides is 1. The van der Waals surface area contributed by atoms with Crippen molar-refractivity contribution in [3.05, 3.63) is 77.6 Å². The second kappa shape index (κ2) is 8.59. The van der Waals surface area contributed by atoms with Crippen LogP contribution < -0.4 is 5.73 Å². The molecule has 2 atom stereocenters. The molecule has 4 rings (SSSR count). The molecule has 6 heteroatoms. The maximum absolute atomic E-state index is 13.3. The van der Waals surface area contributed by atoms with Crippen molar-refractivity contribution in [3.8, 4) is 11.3 Å². The Labute approximate surface area is 170 Å². The zero-order valence-electron chi connectivity index (χ0n) is 15.7. The summed E-state index contributed by atoms with van der Waals surface area (Å²) in [6, 6.07) is 20.0. The van der Waals surface area contributed by atoms with Gasteiger partial charge in [0, 0.05) is 24.6 Å². The molecule has 0 aliphatic carbocycles. The summed E-state index contributed by atoms with van der Waals surface area (Å²) in [6.07, 6.45) is 0. The Balaban J connectivity index is 0.00000225. The minimum absolute atomic E-state index is 0. The number of nitrogens with zero attached hydrogens (tertiary/aromatic N) is 2. The van der Waals surface area contributed by atoms with Crippen LogP contribution in [0.3, 0.4) is 0 Å². The van der Waals surface area contributed by atoms with Gasteiger partial charge in [-0.3, -0.25) is 4.79 Å². The van der Waals surface area contributed by atoms with Gasteiger partial charge in [0.25, 0.3) is 5.91 Å². The van der Waals surface area contributed by atoms with Gasteiger partial charge in [-0.2, -0.15) is 0 Å². The van der Waals surface area contributed by atoms with Gasteiger partial charge in [0.05, 0.1) is 0 Å². The minimum Gasteiger partial charge on any atom is -0.360 e. The van der Waals surface area contributed by atoms with E-state index in [-0.39, 0.29) is 30.2 Å². The number of aromatic nitrogens is 1. The van der Waals surface area contributed by atoms with Gasteiger partial charge in [0.2, 0.25) is 0 Å². The molecular weight excluding hydrogens is 374 g/mol. The molecule has 2 heterocycles. The zero-order valence-corrected chi connectivity index (χ0v) is 16.6. The van der Waals surface area contributed by atoms with E-state index in [0.29, 0.717) is 36.7 Å². The van der Waals surface area contributed by atoms with E-state index in [4.69, 9.17) is 10.3 Å². The van der Waals surface area contributed by atoms with Crippen LogP contribution in [-0.2, 0) is 0 Å². The Hall–Kier alpha value is -2.63. The van der Waals surface area contributed by atoms with E-state index >= 15 is 0 Å². The van der Waals surface area contributed by atoms with E-state index in [1.165, 1.54) is 5.56 Å². The SMILES string of the molecule is Cc1onc(-c2ccccc2)c1C(=O)N1C[C@@H](CN)[C@H](c2ccccc2)C1.Cl. The summed E-state index contributed by atoms with van der Waals surface area (Å²) >= 11 is 0. The van der Waals surface area contributed by atoms with Gasteiger partial charge in [0.15, 0.2) is 0 Å². The van der Waals surface area contributed by atoms with Gasteiger partial charge < -0.3 is 15.2 Å². The Morgan fingerprint density at radius 3 is 2.39 bits per heavy atom. The Morgan fingerprint density at radius 2 is 1.75 bits per heavy atom. The highest BCUT2D eigenvalue weighted by Gasteiger charge is 2.37. The van der Waals surface area contributed by atoms with Crippen molar-refractivity contribution in [2.24, 2.45) is 11.7 Å². The highest BCUT2D eigenvalue weighted by molar-refractivity contribution is 6.01. The second-order valence-corrected chi connectivity index (χ2v) is 7.05. The number of likely N-dealkylation sites (tertiary alicyclic amines) is 1. The van der Waals surface area contributed by atoms with Crippen LogP contribution in [-0.4, -0.2) is 35.6 Å². The van der Waals surface area contributed by atoms with Gasteiger partial charge in [0.1, 0.15) is 17.0 Å². The molecule has 2 N–H and O–H groups in total. The average molecular weight is 398 g/mol. The molecule has 2 aromatic carbocycles. The van der Waals surface area contributed by atoms with E-state index in [0.717, 1.165) is 5.56 Å². The Bertz CT molecular complexity index is 927. The predicted octanol–water partition coefficient (Wildman–Crippen LogP) is 3.89. The summed E-state index contributed by atoms with van der Waals surface area (Å²) in [6.45, 7) is 3.65. The Kier molecular flexibility index (Phi) is 6.17. The molecule has 0 bridgehead atoms. The third kappa shape index (κ3) is 3.68. The van der Waals surface area contributed by atoms with E-state index < -0.39 is 0 Å². The lowest BCUT2D eigenvalue weighted by atomic mass is 9.89. The number of nitrogens with two attached hydrogens (primary N) is 1. The molecule has 1 aliphatic rings. The molecule has 1 aliphatic heterocycles. The maximum Gasteiger partial charge on any atom is 0.259 e. The lowest BCUT2D eigenvalue weighted by molar-refractivity contribution is 0.0785. The van der Waals surface area contributed by atoms with Crippen LogP contribution in [0.1, 0.15) is 27.6 Å². The molecule has 0 unspecified atom stereocenters. The first-order valence-corrected chi connectivity index (χ1v) is 9.25. The molecular formula is C22H24ClN3O2. The quantitative estimate of drug-likeness (QED) is 0.724. The summed E-state index contributed by atoms with van der Waals surface area (Å²) in [5, 5.41) is 4.15. The largest absolute Gasteiger partial charge is 0.360 e.